The van der Waals surface area contributed by atoms with Gasteiger partial charge < -0.3 is 10.6 Å². The van der Waals surface area contributed by atoms with Gasteiger partial charge in [-0.25, -0.2) is 0 Å². The first-order valence-electron chi connectivity index (χ1n) is 8.83. The number of carbonyl (C=O) groups is 1. The van der Waals surface area contributed by atoms with E-state index < -0.39 is 33.5 Å². The van der Waals surface area contributed by atoms with Crippen molar-refractivity contribution in [2.75, 3.05) is 23.7 Å². The summed E-state index contributed by atoms with van der Waals surface area (Å²) in [7, 11) is -2.61. The maximum Gasteiger partial charge on any atom is 0.405 e. The molecule has 30 heavy (non-hydrogen) atoms. The topological polar surface area (TPSA) is 41.1 Å². The summed E-state index contributed by atoms with van der Waals surface area (Å²) in [5.74, 6) is -0.316. The predicted molar refractivity (Wildman–Crippen MR) is 110 cm³/mol. The normalized spacial score (nSPS) is 15.4. The molecule has 1 aliphatic heterocycles. The van der Waals surface area contributed by atoms with Crippen LogP contribution in [0.3, 0.4) is 0 Å². The van der Waals surface area contributed by atoms with Crippen molar-refractivity contribution < 1.29 is 31.1 Å². The zero-order valence-electron chi connectivity index (χ0n) is 15.9. The highest BCUT2D eigenvalue weighted by molar-refractivity contribution is 9.10. The number of rotatable bonds is 4. The summed E-state index contributed by atoms with van der Waals surface area (Å²) >= 11 is 3.30. The second kappa shape index (κ2) is 7.59. The highest BCUT2D eigenvalue weighted by atomic mass is 79.9. The van der Waals surface area contributed by atoms with E-state index in [4.69, 9.17) is 0 Å². The van der Waals surface area contributed by atoms with E-state index >= 15 is 0 Å². The smallest absolute Gasteiger partial charge is 0.376 e. The monoisotopic (exact) mass is 510 g/mol. The van der Waals surface area contributed by atoms with Gasteiger partial charge in [0.2, 0.25) is 0 Å². The van der Waals surface area contributed by atoms with Crippen LogP contribution in [0.2, 0.25) is 13.1 Å². The minimum Gasteiger partial charge on any atom is -0.376 e. The summed E-state index contributed by atoms with van der Waals surface area (Å²) in [5.41, 5.74) is 1.22. The molecule has 1 heterocycles. The molecule has 1 aliphatic rings. The minimum absolute atomic E-state index is 0.209. The van der Waals surface area contributed by atoms with Crippen molar-refractivity contribution >= 4 is 51.5 Å². The standard InChI is InChI=1S/C19H17BrF6N2OSi/c1-30(2)14-6-10(27-8-18(21,22)23)3-4-12(14)17(29)16-13(20)5-11(7-15(16)30)28-9-19(24,25)26/h3-7,27-28H,8-9H2,1-2H3. The maximum absolute atomic E-state index is 13.1. The Morgan fingerprint density at radius 1 is 0.867 bits per heavy atom. The fourth-order valence-corrected chi connectivity index (χ4v) is 7.38. The second-order valence-electron chi connectivity index (χ2n) is 7.53. The Kier molecular flexibility index (Phi) is 5.74. The molecule has 0 radical (unpaired) electrons. The van der Waals surface area contributed by atoms with E-state index in [-0.39, 0.29) is 17.2 Å². The molecule has 0 aromatic heterocycles. The molecule has 0 amide bonds. The highest BCUT2D eigenvalue weighted by Crippen LogP contribution is 2.30. The molecule has 0 bridgehead atoms. The zero-order valence-corrected chi connectivity index (χ0v) is 18.4. The van der Waals surface area contributed by atoms with Gasteiger partial charge in [-0.15, -0.1) is 0 Å². The van der Waals surface area contributed by atoms with Crippen molar-refractivity contribution in [2.45, 2.75) is 25.4 Å². The number of hydrogen-bond acceptors (Lipinski definition) is 3. The lowest BCUT2D eigenvalue weighted by atomic mass is 10.0. The van der Waals surface area contributed by atoms with E-state index in [1.165, 1.54) is 30.3 Å². The number of benzene rings is 2. The van der Waals surface area contributed by atoms with Crippen molar-refractivity contribution in [1.29, 1.82) is 0 Å². The first-order valence-corrected chi connectivity index (χ1v) is 12.6. The molecule has 162 valence electrons. The van der Waals surface area contributed by atoms with Crippen molar-refractivity contribution in [3.63, 3.8) is 0 Å². The molecule has 3 rings (SSSR count). The van der Waals surface area contributed by atoms with Gasteiger partial charge in [0.1, 0.15) is 21.2 Å². The fourth-order valence-electron chi connectivity index (χ4n) is 3.49. The molecule has 0 unspecified atom stereocenters. The number of alkyl halides is 6. The number of anilines is 2. The average molecular weight is 511 g/mol. The number of halogens is 7. The summed E-state index contributed by atoms with van der Waals surface area (Å²) in [6.45, 7) is 1.38. The van der Waals surface area contributed by atoms with E-state index in [2.05, 4.69) is 26.6 Å². The molecular weight excluding hydrogens is 494 g/mol. The first kappa shape index (κ1) is 22.7. The molecule has 0 atom stereocenters. The number of hydrogen-bond donors (Lipinski definition) is 2. The molecule has 3 nitrogen and oxygen atoms in total. The largest absolute Gasteiger partial charge is 0.405 e. The van der Waals surface area contributed by atoms with Crippen LogP contribution in [-0.2, 0) is 0 Å². The van der Waals surface area contributed by atoms with Crippen molar-refractivity contribution in [3.05, 3.63) is 45.9 Å². The van der Waals surface area contributed by atoms with Crippen LogP contribution in [0.15, 0.2) is 34.8 Å². The molecule has 0 aliphatic carbocycles. The van der Waals surface area contributed by atoms with Gasteiger partial charge in [-0.1, -0.05) is 13.1 Å². The van der Waals surface area contributed by atoms with Gasteiger partial charge >= 0.3 is 12.4 Å². The Labute approximate surface area is 178 Å². The van der Waals surface area contributed by atoms with Gasteiger partial charge in [-0.2, -0.15) is 26.3 Å². The maximum atomic E-state index is 13.1. The van der Waals surface area contributed by atoms with Gasteiger partial charge in [0.25, 0.3) is 0 Å². The predicted octanol–water partition coefficient (Wildman–Crippen LogP) is 4.76. The van der Waals surface area contributed by atoms with Crippen LogP contribution in [0.25, 0.3) is 0 Å². The lowest BCUT2D eigenvalue weighted by Crippen LogP contribution is -2.60. The quantitative estimate of drug-likeness (QED) is 0.460. The Hall–Kier alpha value is -2.01. The van der Waals surface area contributed by atoms with Crippen molar-refractivity contribution in [3.8, 4) is 0 Å². The molecule has 2 aromatic rings. The lowest BCUT2D eigenvalue weighted by Gasteiger charge is -2.34. The van der Waals surface area contributed by atoms with Crippen LogP contribution in [0.1, 0.15) is 15.9 Å². The third-order valence-electron chi connectivity index (χ3n) is 4.91. The number of ketones is 1. The van der Waals surface area contributed by atoms with E-state index in [9.17, 15) is 31.1 Å². The molecule has 2 aromatic carbocycles. The lowest BCUT2D eigenvalue weighted by molar-refractivity contribution is -0.116. The van der Waals surface area contributed by atoms with Crippen LogP contribution in [0, 0.1) is 0 Å². The Morgan fingerprint density at radius 2 is 1.40 bits per heavy atom. The van der Waals surface area contributed by atoms with E-state index in [1.54, 1.807) is 0 Å². The van der Waals surface area contributed by atoms with Crippen molar-refractivity contribution in [1.82, 2.24) is 0 Å². The summed E-state index contributed by atoms with van der Waals surface area (Å²) < 4.78 is 75.7. The molecule has 11 heteroatoms. The Bertz CT molecular complexity index is 1000. The molecule has 0 spiro atoms. The SMILES string of the molecule is C[Si]1(C)c2cc(NCC(F)(F)F)ccc2C(=O)c2c(Br)cc(NCC(F)(F)F)cc21. The van der Waals surface area contributed by atoms with E-state index in [1.807, 2.05) is 13.1 Å². The van der Waals surface area contributed by atoms with Crippen LogP contribution in [0.4, 0.5) is 37.7 Å². The van der Waals surface area contributed by atoms with Crippen LogP contribution in [-0.4, -0.2) is 39.3 Å². The van der Waals surface area contributed by atoms with Gasteiger partial charge in [-0.05, 0) is 56.6 Å². The van der Waals surface area contributed by atoms with E-state index in [0.717, 1.165) is 0 Å². The fraction of sp³-hybridized carbons (Fsp3) is 0.316. The van der Waals surface area contributed by atoms with Crippen LogP contribution >= 0.6 is 15.9 Å². The number of nitrogens with one attached hydrogen (secondary N) is 2. The molecule has 2 N–H and O–H groups in total. The number of fused-ring (bicyclic) bond motifs is 2. The Balaban J connectivity index is 2.04. The molecule has 0 fully saturated rings. The number of carbonyl (C=O) groups excluding carboxylic acids is 1. The van der Waals surface area contributed by atoms with Crippen LogP contribution in [0.5, 0.6) is 0 Å². The van der Waals surface area contributed by atoms with Crippen LogP contribution < -0.4 is 21.0 Å². The molecule has 0 saturated carbocycles. The van der Waals surface area contributed by atoms with Gasteiger partial charge in [0.05, 0.1) is 0 Å². The third-order valence-corrected chi connectivity index (χ3v) is 9.04. The van der Waals surface area contributed by atoms with Crippen molar-refractivity contribution in [2.24, 2.45) is 0 Å². The summed E-state index contributed by atoms with van der Waals surface area (Å²) in [5, 5.41) is 5.88. The average Bonchev–Trinajstić information content (AvgIpc) is 2.61. The van der Waals surface area contributed by atoms with Gasteiger partial charge in [0.15, 0.2) is 5.78 Å². The highest BCUT2D eigenvalue weighted by Gasteiger charge is 2.40. The first-order chi connectivity index (χ1) is 13.7. The summed E-state index contributed by atoms with van der Waals surface area (Å²) in [6.07, 6.45) is -8.80. The zero-order chi connectivity index (χ0) is 22.5. The summed E-state index contributed by atoms with van der Waals surface area (Å²) in [6, 6.07) is 7.42. The van der Waals surface area contributed by atoms with Gasteiger partial charge in [0, 0.05) is 27.0 Å². The Morgan fingerprint density at radius 3 is 1.97 bits per heavy atom. The second-order valence-corrected chi connectivity index (χ2v) is 12.7. The van der Waals surface area contributed by atoms with Gasteiger partial charge in [-0.3, -0.25) is 4.79 Å². The summed E-state index contributed by atoms with van der Waals surface area (Å²) in [4.78, 5) is 13.1. The third kappa shape index (κ3) is 4.66. The van der Waals surface area contributed by atoms with E-state index in [0.29, 0.717) is 26.0 Å². The molecule has 0 saturated heterocycles. The minimum atomic E-state index is -4.41. The molecular formula is C19H17BrF6N2OSi.